The molecule has 2 N–H and O–H groups in total. The van der Waals surface area contributed by atoms with Crippen LogP contribution in [0.15, 0.2) is 0 Å². The van der Waals surface area contributed by atoms with Crippen molar-refractivity contribution in [1.29, 1.82) is 0 Å². The predicted molar refractivity (Wildman–Crippen MR) is 66.6 cm³/mol. The van der Waals surface area contributed by atoms with Crippen LogP contribution in [0.2, 0.25) is 0 Å². The van der Waals surface area contributed by atoms with Crippen LogP contribution in [0.3, 0.4) is 0 Å². The summed E-state index contributed by atoms with van der Waals surface area (Å²) in [6, 6.07) is 1.42. The molecule has 2 fully saturated rings. The number of piperidine rings is 1. The Hall–Kier alpha value is -0.120. The van der Waals surface area contributed by atoms with Crippen LogP contribution in [0.1, 0.15) is 44.9 Å². The Bertz CT molecular complexity index is 188. The van der Waals surface area contributed by atoms with Crippen LogP contribution in [-0.4, -0.2) is 48.3 Å². The highest BCUT2D eigenvalue weighted by Gasteiger charge is 2.28. The lowest BCUT2D eigenvalue weighted by atomic mass is 9.95. The summed E-state index contributed by atoms with van der Waals surface area (Å²) in [6.07, 6.45) is 8.93. The molecule has 2 aliphatic heterocycles. The van der Waals surface area contributed by atoms with Crippen molar-refractivity contribution in [2.45, 2.75) is 57.0 Å². The molecule has 0 amide bonds. The summed E-state index contributed by atoms with van der Waals surface area (Å²) in [6.45, 7) is 3.98. The van der Waals surface area contributed by atoms with E-state index in [1.807, 2.05) is 0 Å². The molecule has 0 aromatic heterocycles. The van der Waals surface area contributed by atoms with Crippen molar-refractivity contribution in [3.63, 3.8) is 0 Å². The lowest BCUT2D eigenvalue weighted by molar-refractivity contribution is 0.0696. The molecule has 0 bridgehead atoms. The Morgan fingerprint density at radius 1 is 1.06 bits per heavy atom. The third kappa shape index (κ3) is 3.19. The van der Waals surface area contributed by atoms with Gasteiger partial charge in [-0.25, -0.2) is 0 Å². The van der Waals surface area contributed by atoms with Crippen molar-refractivity contribution in [1.82, 2.24) is 10.2 Å². The topological polar surface area (TPSA) is 35.5 Å². The normalized spacial score (nSPS) is 33.6. The van der Waals surface area contributed by atoms with Gasteiger partial charge in [0.05, 0.1) is 0 Å². The SMILES string of the molecule is OCCC1CCCCN1C1CCCNCC1. The fourth-order valence-corrected chi connectivity index (χ4v) is 3.29. The first-order valence-electron chi connectivity index (χ1n) is 6.99. The van der Waals surface area contributed by atoms with E-state index in [2.05, 4.69) is 10.2 Å². The van der Waals surface area contributed by atoms with E-state index < -0.39 is 0 Å². The van der Waals surface area contributed by atoms with E-state index >= 15 is 0 Å². The smallest absolute Gasteiger partial charge is 0.0445 e. The summed E-state index contributed by atoms with van der Waals surface area (Å²) in [7, 11) is 0. The van der Waals surface area contributed by atoms with Gasteiger partial charge in [0, 0.05) is 18.7 Å². The Kier molecular flexibility index (Phi) is 5.07. The standard InChI is InChI=1S/C13H26N2O/c16-11-7-13-4-1-2-10-15(13)12-5-3-8-14-9-6-12/h12-14,16H,1-11H2. The van der Waals surface area contributed by atoms with Gasteiger partial charge in [0.25, 0.3) is 0 Å². The maximum absolute atomic E-state index is 9.15. The number of hydrogen-bond acceptors (Lipinski definition) is 3. The van der Waals surface area contributed by atoms with Crippen molar-refractivity contribution in [2.24, 2.45) is 0 Å². The summed E-state index contributed by atoms with van der Waals surface area (Å²) < 4.78 is 0. The third-order valence-corrected chi connectivity index (χ3v) is 4.15. The maximum Gasteiger partial charge on any atom is 0.0445 e. The van der Waals surface area contributed by atoms with Crippen LogP contribution in [0.5, 0.6) is 0 Å². The first-order chi connectivity index (χ1) is 7.92. The van der Waals surface area contributed by atoms with Gasteiger partial charge in [0.2, 0.25) is 0 Å². The minimum atomic E-state index is 0.353. The van der Waals surface area contributed by atoms with E-state index in [1.165, 1.54) is 58.2 Å². The van der Waals surface area contributed by atoms with Gasteiger partial charge in [-0.3, -0.25) is 4.90 Å². The molecule has 2 aliphatic rings. The number of likely N-dealkylation sites (tertiary alicyclic amines) is 1. The van der Waals surface area contributed by atoms with Crippen LogP contribution >= 0.6 is 0 Å². The number of nitrogens with one attached hydrogen (secondary N) is 1. The summed E-state index contributed by atoms with van der Waals surface area (Å²) in [5, 5.41) is 12.6. The Labute approximate surface area is 99.2 Å². The fraction of sp³-hybridized carbons (Fsp3) is 1.00. The Morgan fingerprint density at radius 2 is 2.00 bits per heavy atom. The van der Waals surface area contributed by atoms with Gasteiger partial charge in [-0.05, 0) is 58.2 Å². The second kappa shape index (κ2) is 6.58. The van der Waals surface area contributed by atoms with Gasteiger partial charge in [0.1, 0.15) is 0 Å². The minimum Gasteiger partial charge on any atom is -0.396 e. The highest BCUT2D eigenvalue weighted by Crippen LogP contribution is 2.25. The number of aliphatic hydroxyl groups excluding tert-OH is 1. The van der Waals surface area contributed by atoms with Crippen molar-refractivity contribution < 1.29 is 5.11 Å². The molecule has 94 valence electrons. The quantitative estimate of drug-likeness (QED) is 0.763. The summed E-state index contributed by atoms with van der Waals surface area (Å²) in [5.74, 6) is 0. The summed E-state index contributed by atoms with van der Waals surface area (Å²) in [4.78, 5) is 2.70. The van der Waals surface area contributed by atoms with E-state index in [0.29, 0.717) is 12.6 Å². The van der Waals surface area contributed by atoms with Gasteiger partial charge in [-0.15, -0.1) is 0 Å². The van der Waals surface area contributed by atoms with Gasteiger partial charge in [-0.2, -0.15) is 0 Å². The molecule has 3 heteroatoms. The molecule has 0 radical (unpaired) electrons. The van der Waals surface area contributed by atoms with Crippen LogP contribution < -0.4 is 5.32 Å². The summed E-state index contributed by atoms with van der Waals surface area (Å²) in [5.41, 5.74) is 0. The molecule has 2 atom stereocenters. The average Bonchev–Trinajstić information content (AvgIpc) is 2.59. The predicted octanol–water partition coefficient (Wildman–Crippen LogP) is 1.37. The van der Waals surface area contributed by atoms with Gasteiger partial charge >= 0.3 is 0 Å². The van der Waals surface area contributed by atoms with Crippen molar-refractivity contribution in [3.8, 4) is 0 Å². The number of hydrogen-bond donors (Lipinski definition) is 2. The molecule has 0 aromatic rings. The molecule has 2 saturated heterocycles. The molecule has 0 aliphatic carbocycles. The molecule has 16 heavy (non-hydrogen) atoms. The molecule has 2 rings (SSSR count). The zero-order valence-corrected chi connectivity index (χ0v) is 10.3. The maximum atomic E-state index is 9.15. The summed E-state index contributed by atoms with van der Waals surface area (Å²) >= 11 is 0. The average molecular weight is 226 g/mol. The van der Waals surface area contributed by atoms with Gasteiger partial charge in [0.15, 0.2) is 0 Å². The van der Waals surface area contributed by atoms with E-state index in [4.69, 9.17) is 5.11 Å². The Balaban J connectivity index is 1.92. The highest BCUT2D eigenvalue weighted by molar-refractivity contribution is 4.84. The molecular formula is C13H26N2O. The first-order valence-corrected chi connectivity index (χ1v) is 6.99. The molecule has 0 spiro atoms. The highest BCUT2D eigenvalue weighted by atomic mass is 16.3. The van der Waals surface area contributed by atoms with Crippen molar-refractivity contribution in [3.05, 3.63) is 0 Å². The largest absolute Gasteiger partial charge is 0.396 e. The second-order valence-electron chi connectivity index (χ2n) is 5.23. The molecule has 0 saturated carbocycles. The lowest BCUT2D eigenvalue weighted by Gasteiger charge is -2.41. The van der Waals surface area contributed by atoms with Gasteiger partial charge in [-0.1, -0.05) is 6.42 Å². The molecule has 2 unspecified atom stereocenters. The van der Waals surface area contributed by atoms with Gasteiger partial charge < -0.3 is 10.4 Å². The van der Waals surface area contributed by atoms with Crippen LogP contribution in [0.4, 0.5) is 0 Å². The molecule has 2 heterocycles. The fourth-order valence-electron chi connectivity index (χ4n) is 3.29. The van der Waals surface area contributed by atoms with Crippen LogP contribution in [0, 0.1) is 0 Å². The monoisotopic (exact) mass is 226 g/mol. The molecular weight excluding hydrogens is 200 g/mol. The van der Waals surface area contributed by atoms with Crippen LogP contribution in [0.25, 0.3) is 0 Å². The first kappa shape index (κ1) is 12.3. The Morgan fingerprint density at radius 3 is 2.88 bits per heavy atom. The zero-order chi connectivity index (χ0) is 11.2. The minimum absolute atomic E-state index is 0.353. The van der Waals surface area contributed by atoms with Crippen LogP contribution in [-0.2, 0) is 0 Å². The van der Waals surface area contributed by atoms with E-state index in [0.717, 1.165) is 12.5 Å². The number of aliphatic hydroxyl groups is 1. The lowest BCUT2D eigenvalue weighted by Crippen LogP contribution is -2.47. The second-order valence-corrected chi connectivity index (χ2v) is 5.23. The molecule has 0 aromatic carbocycles. The zero-order valence-electron chi connectivity index (χ0n) is 10.3. The molecule has 3 nitrogen and oxygen atoms in total. The van der Waals surface area contributed by atoms with E-state index in [-0.39, 0.29) is 0 Å². The van der Waals surface area contributed by atoms with E-state index in [9.17, 15) is 0 Å². The van der Waals surface area contributed by atoms with Crippen molar-refractivity contribution in [2.75, 3.05) is 26.2 Å². The number of rotatable bonds is 3. The third-order valence-electron chi connectivity index (χ3n) is 4.15. The number of nitrogens with zero attached hydrogens (tertiary/aromatic N) is 1. The van der Waals surface area contributed by atoms with E-state index in [1.54, 1.807) is 0 Å². The van der Waals surface area contributed by atoms with Crippen molar-refractivity contribution >= 4 is 0 Å².